The fraction of sp³-hybridized carbons (Fsp3) is 0.185. The van der Waals surface area contributed by atoms with Crippen LogP contribution < -0.4 is 14.8 Å². The number of benzene rings is 2. The second-order valence-electron chi connectivity index (χ2n) is 8.20. The number of amides is 2. The van der Waals surface area contributed by atoms with Crippen LogP contribution in [0, 0.1) is 0 Å². The molecule has 0 atom stereocenters. The minimum Gasteiger partial charge on any atom is -0.528 e. The van der Waals surface area contributed by atoms with E-state index < -0.39 is 12.5 Å². The average Bonchev–Trinajstić information content (AvgIpc) is 2.86. The van der Waals surface area contributed by atoms with Crippen molar-refractivity contribution in [2.75, 3.05) is 31.1 Å². The summed E-state index contributed by atoms with van der Waals surface area (Å²) in [7, 11) is 2.02. The van der Waals surface area contributed by atoms with Gasteiger partial charge in [0.1, 0.15) is 20.1 Å². The number of aromatic nitrogens is 1. The van der Waals surface area contributed by atoms with Crippen LogP contribution in [0.2, 0.25) is 0 Å². The first-order valence-corrected chi connectivity index (χ1v) is 11.2. The third-order valence-electron chi connectivity index (χ3n) is 5.91. The van der Waals surface area contributed by atoms with Crippen molar-refractivity contribution in [1.82, 2.24) is 10.2 Å². The summed E-state index contributed by atoms with van der Waals surface area (Å²) >= 11 is 0. The van der Waals surface area contributed by atoms with Crippen LogP contribution in [0.5, 0.6) is 0 Å². The number of hydrogen-bond acceptors (Lipinski definition) is 4. The van der Waals surface area contributed by atoms with Gasteiger partial charge in [0.25, 0.3) is 0 Å². The first-order chi connectivity index (χ1) is 17.0. The molecule has 190 valence electrons. The molecule has 0 saturated carbocycles. The quantitative estimate of drug-likeness (QED) is 0.153. The summed E-state index contributed by atoms with van der Waals surface area (Å²) in [6, 6.07) is 18.1. The van der Waals surface area contributed by atoms with E-state index in [1.54, 1.807) is 0 Å². The van der Waals surface area contributed by atoms with Crippen LogP contribution in [-0.2, 0) is 21.4 Å². The van der Waals surface area contributed by atoms with Crippen molar-refractivity contribution < 1.29 is 24.1 Å². The molecular weight excluding hydrogens is 701 g/mol. The van der Waals surface area contributed by atoms with Crippen molar-refractivity contribution in [3.05, 3.63) is 84.2 Å². The largest absolute Gasteiger partial charge is 0.528 e. The minimum atomic E-state index is -1.11. The van der Waals surface area contributed by atoms with Crippen LogP contribution in [0.1, 0.15) is 11.1 Å². The predicted octanol–water partition coefficient (Wildman–Crippen LogP) is 2.11. The molecule has 8 nitrogen and oxygen atoms in total. The van der Waals surface area contributed by atoms with E-state index in [4.69, 9.17) is 0 Å². The van der Waals surface area contributed by atoms with Gasteiger partial charge in [-0.1, -0.05) is 30.3 Å². The molecule has 0 bridgehead atoms. The standard InChI is InChI=1S/C27H26N4O4.Fm/c1-29-13-10-20(22-6-2-4-8-24(22)29)16-21-11-14-30(25-9-5-3-7-23(21)25)17-26(33)31(18-27(34)35)15-12-28-19-32;/h2-11,13-14,16H,12,15,17-18H2,1H3,(H,28,32)(H,34,35);. The first kappa shape index (κ1) is 25.2. The van der Waals surface area contributed by atoms with Gasteiger partial charge in [0.05, 0.1) is 5.39 Å². The van der Waals surface area contributed by atoms with E-state index in [0.29, 0.717) is 0 Å². The number of nitrogens with one attached hydrogen (secondary N) is 1. The van der Waals surface area contributed by atoms with Gasteiger partial charge in [-0.25, -0.2) is 4.57 Å². The zero-order valence-corrected chi connectivity index (χ0v) is 22.0. The molecule has 9 heteroatoms. The Morgan fingerprint density at radius 2 is 1.89 bits per heavy atom. The fourth-order valence-corrected chi connectivity index (χ4v) is 4.20. The van der Waals surface area contributed by atoms with Gasteiger partial charge in [-0.2, -0.15) is 6.41 Å². The number of carbonyl (C=O) groups excluding carboxylic acids is 2. The van der Waals surface area contributed by atoms with Crippen molar-refractivity contribution in [2.45, 2.75) is 0 Å². The van der Waals surface area contributed by atoms with E-state index in [0.717, 1.165) is 33.3 Å². The maximum Gasteiger partial charge on any atom is 0.323 e. The number of rotatable bonds is 9. The maximum absolute atomic E-state index is 12.9. The van der Waals surface area contributed by atoms with Crippen molar-refractivity contribution in [2.24, 2.45) is 7.05 Å². The molecule has 1 aliphatic heterocycles. The molecule has 2 N–H and O–H groups in total. The van der Waals surface area contributed by atoms with Crippen LogP contribution in [0.4, 0.5) is 5.69 Å². The van der Waals surface area contributed by atoms with E-state index in [9.17, 15) is 19.5 Å². The third-order valence-corrected chi connectivity index (χ3v) is 5.91. The molecule has 4 rings (SSSR count). The van der Waals surface area contributed by atoms with Gasteiger partial charge in [0.15, 0.2) is 6.20 Å². The van der Waals surface area contributed by atoms with Crippen LogP contribution in [0.15, 0.2) is 73.1 Å². The van der Waals surface area contributed by atoms with Gasteiger partial charge in [-0.05, 0) is 35.4 Å². The molecular formula is C27H26FmN4O4. The van der Waals surface area contributed by atoms with E-state index in [-0.39, 0.29) is 25.5 Å². The average molecular weight is 728 g/mol. The molecule has 0 aliphatic carbocycles. The third kappa shape index (κ3) is 5.36. The number of aryl methyl sites for hydroxylation is 1. The molecule has 3 aromatic rings. The number of carbonyl (C=O) groups is 2. The van der Waals surface area contributed by atoms with Gasteiger partial charge in [-0.3, -0.25) is 9.59 Å². The molecule has 1 aliphatic rings. The summed E-state index contributed by atoms with van der Waals surface area (Å²) in [6.45, 7) is -0.251. The molecule has 36 heavy (non-hydrogen) atoms. The summed E-state index contributed by atoms with van der Waals surface area (Å²) in [6.07, 6.45) is 9.50. The molecule has 1 aromatic heterocycles. The van der Waals surface area contributed by atoms with Crippen LogP contribution in [0.3, 0.4) is 0 Å². The Balaban J connectivity index is 0.00000361. The van der Waals surface area contributed by atoms with E-state index in [2.05, 4.69) is 34.2 Å². The normalized spacial score (nSPS) is 13.1. The Bertz CT molecular complexity index is 1340. The number of carboxylic acids is 1. The topological polar surface area (TPSA) is 93.8 Å². The number of pyridine rings is 1. The Labute approximate surface area is 203 Å². The molecule has 0 unspecified atom stereocenters. The minimum absolute atomic E-state index is 0. The number of carboxylic acid groups (broad SMARTS) is 1. The Hall–Kier alpha value is -5.46. The summed E-state index contributed by atoms with van der Waals surface area (Å²) in [5.74, 6) is -1.47. The van der Waals surface area contributed by atoms with Crippen molar-refractivity contribution in [3.63, 3.8) is 0 Å². The Morgan fingerprint density at radius 1 is 1.14 bits per heavy atom. The molecule has 0 spiro atoms. The number of hydrogen-bond donors (Lipinski definition) is 2. The van der Waals surface area contributed by atoms with Crippen molar-refractivity contribution in [1.29, 1.82) is 0 Å². The predicted molar refractivity (Wildman–Crippen MR) is 134 cm³/mol. The Morgan fingerprint density at radius 3 is 2.67 bits per heavy atom. The molecule has 2 amide bonds. The van der Waals surface area contributed by atoms with Crippen LogP contribution >= 0.6 is 0 Å². The van der Waals surface area contributed by atoms with Gasteiger partial charge in [0.2, 0.25) is 11.4 Å². The zero-order valence-electron chi connectivity index (χ0n) is 19.6. The van der Waals surface area contributed by atoms with Gasteiger partial charge in [0, 0.05) is 42.7 Å². The monoisotopic (exact) mass is 727 g/mol. The number of aliphatic carboxylic acids is 1. The number of allylic oxidation sites excluding steroid dienone is 2. The van der Waals surface area contributed by atoms with E-state index >= 15 is 0 Å². The second-order valence-corrected chi connectivity index (χ2v) is 8.20. The summed E-state index contributed by atoms with van der Waals surface area (Å²) in [5.41, 5.74) is 5.06. The van der Waals surface area contributed by atoms with Crippen LogP contribution in [0.25, 0.3) is 22.6 Å². The Kier molecular flexibility index (Phi) is 7.77. The van der Waals surface area contributed by atoms with Gasteiger partial charge < -0.3 is 25.0 Å². The summed E-state index contributed by atoms with van der Waals surface area (Å²) < 4.78 is 2.08. The fourth-order valence-electron chi connectivity index (χ4n) is 4.20. The zero-order chi connectivity index (χ0) is 24.8. The van der Waals surface area contributed by atoms with Crippen molar-refractivity contribution >= 4 is 46.5 Å². The van der Waals surface area contributed by atoms with Gasteiger partial charge in [-0.15, -0.1) is 0 Å². The van der Waals surface area contributed by atoms with Crippen LogP contribution in [-0.4, -0.2) is 54.5 Å². The molecule has 2 aromatic carbocycles. The van der Waals surface area contributed by atoms with Crippen molar-refractivity contribution in [3.8, 4) is 0 Å². The van der Waals surface area contributed by atoms with E-state index in [1.807, 2.05) is 66.8 Å². The van der Waals surface area contributed by atoms with E-state index in [1.165, 1.54) is 11.3 Å². The summed E-state index contributed by atoms with van der Waals surface area (Å²) in [4.78, 5) is 37.6. The number of nitrogens with zero attached hydrogens (tertiary/aromatic N) is 3. The smallest absolute Gasteiger partial charge is 0.323 e. The number of fused-ring (bicyclic) bond motifs is 2. The van der Waals surface area contributed by atoms with Gasteiger partial charge >= 0.3 is 5.97 Å². The molecule has 0 radical (unpaired) electrons. The number of para-hydroxylation sites is 2. The molecule has 0 saturated heterocycles. The molecule has 2 heterocycles. The molecule has 0 fully saturated rings. The maximum atomic E-state index is 12.9. The first-order valence-electron chi connectivity index (χ1n) is 11.2. The SMILES string of the molecule is C[n+]1ccc(/C=C2/C=CN(CC(=O)N(CCN[C-]=O)CC(=O)O)c3ccccc32)c2ccccc21.[Fm]. The number of anilines is 1. The summed E-state index contributed by atoms with van der Waals surface area (Å²) in [5, 5.41) is 12.7. The second kappa shape index (κ2) is 11.1.